The molecule has 0 N–H and O–H groups in total. The Hall–Kier alpha value is -6.96. The minimum Gasteiger partial charge on any atom is -0.309 e. The van der Waals surface area contributed by atoms with E-state index in [0.29, 0.717) is 0 Å². The molecule has 246 valence electrons. The highest BCUT2D eigenvalue weighted by Crippen LogP contribution is 2.56. The summed E-state index contributed by atoms with van der Waals surface area (Å²) in [7, 11) is 0. The van der Waals surface area contributed by atoms with E-state index in [1.807, 2.05) is 0 Å². The van der Waals surface area contributed by atoms with Gasteiger partial charge in [-0.15, -0.1) is 0 Å². The second-order valence-corrected chi connectivity index (χ2v) is 13.9. The van der Waals surface area contributed by atoms with Crippen molar-refractivity contribution < 1.29 is 0 Å². The van der Waals surface area contributed by atoms with Crippen molar-refractivity contribution in [1.29, 1.82) is 0 Å². The van der Waals surface area contributed by atoms with Gasteiger partial charge in [-0.2, -0.15) is 0 Å². The summed E-state index contributed by atoms with van der Waals surface area (Å²) in [6.07, 6.45) is 0. The lowest BCUT2D eigenvalue weighted by atomic mass is 9.79. The first-order valence-electron chi connectivity index (χ1n) is 18.4. The molecule has 1 heterocycles. The summed E-state index contributed by atoms with van der Waals surface area (Å²) in [5.41, 5.74) is 13.5. The third kappa shape index (κ3) is 4.38. The highest BCUT2D eigenvalue weighted by molar-refractivity contribution is 6.42. The minimum absolute atomic E-state index is 1.16. The zero-order chi connectivity index (χ0) is 34.9. The third-order valence-corrected chi connectivity index (χ3v) is 11.1. The van der Waals surface area contributed by atoms with E-state index in [1.54, 1.807) is 0 Å². The van der Waals surface area contributed by atoms with Gasteiger partial charge in [-0.3, -0.25) is 0 Å². The number of rotatable bonds is 5. The molecule has 0 aliphatic rings. The van der Waals surface area contributed by atoms with Gasteiger partial charge < -0.3 is 4.57 Å². The van der Waals surface area contributed by atoms with Crippen LogP contribution in [0.25, 0.3) is 104 Å². The Morgan fingerprint density at radius 3 is 1.13 bits per heavy atom. The first-order chi connectivity index (χ1) is 26.4. The van der Waals surface area contributed by atoms with Gasteiger partial charge >= 0.3 is 0 Å². The van der Waals surface area contributed by atoms with Crippen LogP contribution in [0, 0.1) is 0 Å². The van der Waals surface area contributed by atoms with E-state index >= 15 is 0 Å². The zero-order valence-corrected chi connectivity index (χ0v) is 29.0. The molecule has 0 atom stereocenters. The smallest absolute Gasteiger partial charge is 0.0547 e. The summed E-state index contributed by atoms with van der Waals surface area (Å²) < 4.78 is 2.45. The molecule has 0 saturated heterocycles. The lowest BCUT2D eigenvalue weighted by Gasteiger charge is -2.23. The number of pyridine rings is 1. The number of fused-ring (bicyclic) bond motifs is 5. The molecule has 53 heavy (non-hydrogen) atoms. The van der Waals surface area contributed by atoms with Crippen molar-refractivity contribution in [3.05, 3.63) is 200 Å². The molecule has 0 aliphatic carbocycles. The fourth-order valence-electron chi connectivity index (χ4n) is 9.05. The second kappa shape index (κ2) is 11.8. The maximum Gasteiger partial charge on any atom is 0.0547 e. The SMILES string of the molecule is c1ccc(-c2c(-c3ccccc3)c(-c3ccccc3)c3c4ccc5c6c(ccc(c3c2-c2ccccc2)c46)c2ccccc2n5-c2ccccc2)cc1. The van der Waals surface area contributed by atoms with E-state index in [1.165, 1.54) is 98.6 Å². The normalized spacial score (nSPS) is 11.8. The molecule has 1 nitrogen and oxygen atoms in total. The van der Waals surface area contributed by atoms with Crippen LogP contribution in [0.15, 0.2) is 200 Å². The molecule has 0 aliphatic heterocycles. The molecular formula is C52H33N. The van der Waals surface area contributed by atoms with Crippen LogP contribution in [0.3, 0.4) is 0 Å². The summed E-state index contributed by atoms with van der Waals surface area (Å²) >= 11 is 0. The van der Waals surface area contributed by atoms with Crippen molar-refractivity contribution in [3.63, 3.8) is 0 Å². The lowest BCUT2D eigenvalue weighted by Crippen LogP contribution is -2.00. The van der Waals surface area contributed by atoms with Gasteiger partial charge in [0.15, 0.2) is 0 Å². The number of nitrogens with zero attached hydrogens (tertiary/aromatic N) is 1. The van der Waals surface area contributed by atoms with Crippen LogP contribution in [-0.4, -0.2) is 4.57 Å². The topological polar surface area (TPSA) is 4.93 Å². The number of hydrogen-bond acceptors (Lipinski definition) is 0. The summed E-state index contributed by atoms with van der Waals surface area (Å²) in [5, 5.41) is 10.3. The predicted molar refractivity (Wildman–Crippen MR) is 226 cm³/mol. The Kier molecular flexibility index (Phi) is 6.62. The molecule has 0 amide bonds. The van der Waals surface area contributed by atoms with Crippen molar-refractivity contribution in [2.24, 2.45) is 0 Å². The molecular weight excluding hydrogens is 639 g/mol. The van der Waals surface area contributed by atoms with Crippen LogP contribution in [0.4, 0.5) is 0 Å². The first-order valence-corrected chi connectivity index (χ1v) is 18.4. The maximum absolute atomic E-state index is 2.45. The molecule has 0 unspecified atom stereocenters. The van der Waals surface area contributed by atoms with Crippen LogP contribution < -0.4 is 0 Å². The molecule has 11 rings (SSSR count). The average Bonchev–Trinajstić information content (AvgIpc) is 3.58. The van der Waals surface area contributed by atoms with Gasteiger partial charge in [-0.25, -0.2) is 0 Å². The Morgan fingerprint density at radius 2 is 0.623 bits per heavy atom. The average molecular weight is 672 g/mol. The van der Waals surface area contributed by atoms with E-state index in [9.17, 15) is 0 Å². The highest BCUT2D eigenvalue weighted by Gasteiger charge is 2.29. The van der Waals surface area contributed by atoms with E-state index in [4.69, 9.17) is 0 Å². The fraction of sp³-hybridized carbons (Fsp3) is 0. The Balaban J connectivity index is 1.46. The van der Waals surface area contributed by atoms with Gasteiger partial charge in [0.2, 0.25) is 0 Å². The van der Waals surface area contributed by atoms with E-state index in [2.05, 4.69) is 205 Å². The van der Waals surface area contributed by atoms with Crippen molar-refractivity contribution in [2.45, 2.75) is 0 Å². The monoisotopic (exact) mass is 671 g/mol. The Labute approximate surface area is 308 Å². The number of para-hydroxylation sites is 2. The maximum atomic E-state index is 2.45. The van der Waals surface area contributed by atoms with Gasteiger partial charge in [-0.05, 0) is 95.7 Å². The quantitative estimate of drug-likeness (QED) is 0.127. The number of benzene rings is 9. The Bertz CT molecular complexity index is 2990. The van der Waals surface area contributed by atoms with E-state index in [0.717, 1.165) is 5.69 Å². The predicted octanol–water partition coefficient (Wildman–Crippen LogP) is 14.3. The van der Waals surface area contributed by atoms with Crippen LogP contribution >= 0.6 is 0 Å². The largest absolute Gasteiger partial charge is 0.309 e. The van der Waals surface area contributed by atoms with Gasteiger partial charge in [0, 0.05) is 21.8 Å². The van der Waals surface area contributed by atoms with Crippen molar-refractivity contribution in [2.75, 3.05) is 0 Å². The third-order valence-electron chi connectivity index (χ3n) is 11.1. The van der Waals surface area contributed by atoms with Crippen molar-refractivity contribution >= 4 is 54.1 Å². The van der Waals surface area contributed by atoms with Gasteiger partial charge in [0.1, 0.15) is 0 Å². The van der Waals surface area contributed by atoms with Crippen LogP contribution in [0.1, 0.15) is 0 Å². The highest BCUT2D eigenvalue weighted by atomic mass is 15.0. The molecule has 0 fully saturated rings. The number of hydrogen-bond donors (Lipinski definition) is 0. The molecule has 11 aromatic rings. The number of aromatic nitrogens is 1. The summed E-state index contributed by atoms with van der Waals surface area (Å²) in [5.74, 6) is 0. The van der Waals surface area contributed by atoms with Crippen LogP contribution in [0.5, 0.6) is 0 Å². The Morgan fingerprint density at radius 1 is 0.226 bits per heavy atom. The summed E-state index contributed by atoms with van der Waals surface area (Å²) in [6.45, 7) is 0. The molecule has 0 spiro atoms. The summed E-state index contributed by atoms with van der Waals surface area (Å²) in [6, 6.07) is 73.4. The zero-order valence-electron chi connectivity index (χ0n) is 29.0. The van der Waals surface area contributed by atoms with E-state index in [-0.39, 0.29) is 0 Å². The van der Waals surface area contributed by atoms with Crippen molar-refractivity contribution in [1.82, 2.24) is 4.57 Å². The van der Waals surface area contributed by atoms with Gasteiger partial charge in [-0.1, -0.05) is 176 Å². The van der Waals surface area contributed by atoms with Gasteiger partial charge in [0.25, 0.3) is 0 Å². The minimum atomic E-state index is 1.16. The summed E-state index contributed by atoms with van der Waals surface area (Å²) in [4.78, 5) is 0. The van der Waals surface area contributed by atoms with Crippen molar-refractivity contribution in [3.8, 4) is 50.2 Å². The fourth-order valence-corrected chi connectivity index (χ4v) is 9.05. The standard InChI is InChI=1S/C52H33N/c1-6-18-34(19-7-1)45-46(35-20-8-2-9-21-35)48(37-24-12-4-13-25-37)52-42-32-33-44-50-40(39-28-16-17-29-43(39)53(44)38-26-14-5-15-27-38)30-31-41(49(42)50)51(52)47(45)36-22-10-3-11-23-36/h1-33H. The molecule has 0 saturated carbocycles. The molecule has 1 aromatic heterocycles. The molecule has 1 heteroatoms. The first kappa shape index (κ1) is 29.7. The second-order valence-electron chi connectivity index (χ2n) is 13.9. The van der Waals surface area contributed by atoms with Crippen LogP contribution in [0.2, 0.25) is 0 Å². The molecule has 0 radical (unpaired) electrons. The van der Waals surface area contributed by atoms with E-state index < -0.39 is 0 Å². The van der Waals surface area contributed by atoms with Gasteiger partial charge in [0.05, 0.1) is 11.0 Å². The molecule has 10 aromatic carbocycles. The lowest BCUT2D eigenvalue weighted by molar-refractivity contribution is 1.17. The van der Waals surface area contributed by atoms with Crippen LogP contribution in [-0.2, 0) is 0 Å². The molecule has 0 bridgehead atoms.